The summed E-state index contributed by atoms with van der Waals surface area (Å²) >= 11 is 5.83. The summed E-state index contributed by atoms with van der Waals surface area (Å²) in [6, 6.07) is 6.39. The van der Waals surface area contributed by atoms with Gasteiger partial charge in [-0.25, -0.2) is 4.98 Å². The number of benzene rings is 1. The van der Waals surface area contributed by atoms with Gasteiger partial charge in [0.1, 0.15) is 16.7 Å². The molecule has 0 aliphatic rings. The van der Waals surface area contributed by atoms with Gasteiger partial charge in [-0.3, -0.25) is 4.79 Å². The van der Waals surface area contributed by atoms with E-state index in [1.54, 1.807) is 35.9 Å². The maximum Gasteiger partial charge on any atom is 0.189 e. The molecule has 2 aromatic rings. The summed E-state index contributed by atoms with van der Waals surface area (Å²) in [5, 5.41) is 10.0. The normalized spacial score (nSPS) is 11.0. The number of allylic oxidation sites excluding steroid dienone is 1. The number of nitrogens with zero attached hydrogens (tertiary/aromatic N) is 2. The molecule has 5 heteroatoms. The van der Waals surface area contributed by atoms with Crippen molar-refractivity contribution in [2.24, 2.45) is 7.05 Å². The Kier molecular flexibility index (Phi) is 3.48. The smallest absolute Gasteiger partial charge is 0.189 e. The number of hydrogen-bond acceptors (Lipinski definition) is 3. The summed E-state index contributed by atoms with van der Waals surface area (Å²) in [4.78, 5) is 15.9. The van der Waals surface area contributed by atoms with Crippen molar-refractivity contribution in [2.75, 3.05) is 0 Å². The fraction of sp³-hybridized carbons (Fsp3) is 0.0769. The number of aromatic hydroxyl groups is 1. The molecule has 0 bridgehead atoms. The van der Waals surface area contributed by atoms with Crippen LogP contribution in [0.25, 0.3) is 6.08 Å². The van der Waals surface area contributed by atoms with Gasteiger partial charge in [-0.2, -0.15) is 0 Å². The molecule has 1 heterocycles. The summed E-state index contributed by atoms with van der Waals surface area (Å²) in [7, 11) is 1.75. The van der Waals surface area contributed by atoms with Gasteiger partial charge in [0, 0.05) is 7.05 Å². The molecule has 0 spiro atoms. The second kappa shape index (κ2) is 5.06. The maximum absolute atomic E-state index is 11.8. The molecule has 0 saturated heterocycles. The van der Waals surface area contributed by atoms with Crippen LogP contribution in [0.3, 0.4) is 0 Å². The highest BCUT2D eigenvalue weighted by Gasteiger charge is 2.07. The van der Waals surface area contributed by atoms with E-state index >= 15 is 0 Å². The van der Waals surface area contributed by atoms with E-state index in [1.807, 2.05) is 0 Å². The standard InChI is InChI=1S/C13H11ClN2O2/c1-16-12(14)8-15-13(16)7-6-11(18)9-4-2-3-5-10(9)17/h2-8,17H,1H3/b7-6+. The summed E-state index contributed by atoms with van der Waals surface area (Å²) in [6.45, 7) is 0. The van der Waals surface area contributed by atoms with Crippen LogP contribution in [-0.4, -0.2) is 20.4 Å². The van der Waals surface area contributed by atoms with Crippen molar-refractivity contribution < 1.29 is 9.90 Å². The van der Waals surface area contributed by atoms with Crippen molar-refractivity contribution in [3.63, 3.8) is 0 Å². The lowest BCUT2D eigenvalue weighted by atomic mass is 10.1. The SMILES string of the molecule is Cn1c(Cl)cnc1/C=C/C(=O)c1ccccc1O. The minimum atomic E-state index is -0.285. The highest BCUT2D eigenvalue weighted by molar-refractivity contribution is 6.29. The molecule has 0 amide bonds. The van der Waals surface area contributed by atoms with Crippen molar-refractivity contribution in [3.8, 4) is 5.75 Å². The van der Waals surface area contributed by atoms with Crippen LogP contribution in [0.1, 0.15) is 16.2 Å². The van der Waals surface area contributed by atoms with Crippen molar-refractivity contribution in [1.29, 1.82) is 0 Å². The van der Waals surface area contributed by atoms with Gasteiger partial charge in [-0.05, 0) is 24.3 Å². The van der Waals surface area contributed by atoms with Gasteiger partial charge >= 0.3 is 0 Å². The Morgan fingerprint density at radius 2 is 2.17 bits per heavy atom. The van der Waals surface area contributed by atoms with Crippen LogP contribution in [0.15, 0.2) is 36.5 Å². The molecule has 2 rings (SSSR count). The average Bonchev–Trinajstić information content (AvgIpc) is 2.68. The van der Waals surface area contributed by atoms with Crippen molar-refractivity contribution in [1.82, 2.24) is 9.55 Å². The number of imidazole rings is 1. The van der Waals surface area contributed by atoms with Gasteiger partial charge in [0.15, 0.2) is 5.78 Å². The zero-order valence-electron chi connectivity index (χ0n) is 9.67. The second-order valence-electron chi connectivity index (χ2n) is 3.71. The molecule has 1 aromatic carbocycles. The van der Waals surface area contributed by atoms with E-state index < -0.39 is 0 Å². The number of para-hydroxylation sites is 1. The molecule has 0 saturated carbocycles. The van der Waals surface area contributed by atoms with Crippen LogP contribution in [-0.2, 0) is 7.05 Å². The maximum atomic E-state index is 11.8. The van der Waals surface area contributed by atoms with E-state index in [2.05, 4.69) is 4.98 Å². The van der Waals surface area contributed by atoms with Gasteiger partial charge in [0.25, 0.3) is 0 Å². The molecule has 0 aliphatic carbocycles. The van der Waals surface area contributed by atoms with E-state index in [-0.39, 0.29) is 17.1 Å². The van der Waals surface area contributed by atoms with Crippen LogP contribution in [0.2, 0.25) is 5.15 Å². The fourth-order valence-electron chi connectivity index (χ4n) is 1.48. The zero-order valence-corrected chi connectivity index (χ0v) is 10.4. The molecular weight excluding hydrogens is 252 g/mol. The van der Waals surface area contributed by atoms with Crippen LogP contribution >= 0.6 is 11.6 Å². The molecule has 0 unspecified atom stereocenters. The Balaban J connectivity index is 2.22. The molecule has 4 nitrogen and oxygen atoms in total. The van der Waals surface area contributed by atoms with Gasteiger partial charge < -0.3 is 9.67 Å². The molecule has 0 fully saturated rings. The Labute approximate surface area is 109 Å². The number of rotatable bonds is 3. The number of aromatic nitrogens is 2. The third-order valence-corrected chi connectivity index (χ3v) is 2.87. The monoisotopic (exact) mass is 262 g/mol. The summed E-state index contributed by atoms with van der Waals surface area (Å²) in [5.41, 5.74) is 0.258. The van der Waals surface area contributed by atoms with E-state index in [9.17, 15) is 9.90 Å². The summed E-state index contributed by atoms with van der Waals surface area (Å²) < 4.78 is 1.65. The first kappa shape index (κ1) is 12.4. The van der Waals surface area contributed by atoms with Crippen molar-refractivity contribution >= 4 is 23.5 Å². The molecule has 92 valence electrons. The predicted octanol–water partition coefficient (Wildman–Crippen LogP) is 2.68. The van der Waals surface area contributed by atoms with Crippen molar-refractivity contribution in [3.05, 3.63) is 53.1 Å². The topological polar surface area (TPSA) is 55.1 Å². The first-order valence-corrected chi connectivity index (χ1v) is 5.65. The van der Waals surface area contributed by atoms with Crippen LogP contribution < -0.4 is 0 Å². The lowest BCUT2D eigenvalue weighted by Crippen LogP contribution is -1.96. The van der Waals surface area contributed by atoms with Gasteiger partial charge in [0.2, 0.25) is 0 Å². The number of carbonyl (C=O) groups excluding carboxylic acids is 1. The van der Waals surface area contributed by atoms with Gasteiger partial charge in [-0.15, -0.1) is 0 Å². The minimum Gasteiger partial charge on any atom is -0.507 e. The third-order valence-electron chi connectivity index (χ3n) is 2.52. The first-order chi connectivity index (χ1) is 8.59. The van der Waals surface area contributed by atoms with Crippen LogP contribution in [0, 0.1) is 0 Å². The summed E-state index contributed by atoms with van der Waals surface area (Å²) in [6.07, 6.45) is 4.42. The number of ketones is 1. The molecule has 1 N–H and O–H groups in total. The van der Waals surface area contributed by atoms with Crippen LogP contribution in [0.5, 0.6) is 5.75 Å². The number of phenolic OH excluding ortho intramolecular Hbond substituents is 1. The molecular formula is C13H11ClN2O2. The van der Waals surface area contributed by atoms with E-state index in [4.69, 9.17) is 11.6 Å². The van der Waals surface area contributed by atoms with Crippen LogP contribution in [0.4, 0.5) is 0 Å². The van der Waals surface area contributed by atoms with E-state index in [0.717, 1.165) is 0 Å². The minimum absolute atomic E-state index is 0.0370. The van der Waals surface area contributed by atoms with Gasteiger partial charge in [-0.1, -0.05) is 23.7 Å². The summed E-state index contributed by atoms with van der Waals surface area (Å²) in [5.74, 6) is 0.251. The largest absolute Gasteiger partial charge is 0.507 e. The number of hydrogen-bond donors (Lipinski definition) is 1. The average molecular weight is 263 g/mol. The Morgan fingerprint density at radius 1 is 1.44 bits per heavy atom. The second-order valence-corrected chi connectivity index (χ2v) is 4.10. The third kappa shape index (κ3) is 2.43. The number of carbonyl (C=O) groups is 1. The van der Waals surface area contributed by atoms with Crippen molar-refractivity contribution in [2.45, 2.75) is 0 Å². The number of halogens is 1. The Morgan fingerprint density at radius 3 is 2.78 bits per heavy atom. The highest BCUT2D eigenvalue weighted by Crippen LogP contribution is 2.17. The van der Waals surface area contributed by atoms with E-state index in [1.165, 1.54) is 18.3 Å². The Hall–Kier alpha value is -2.07. The predicted molar refractivity (Wildman–Crippen MR) is 69.7 cm³/mol. The van der Waals surface area contributed by atoms with Gasteiger partial charge in [0.05, 0.1) is 11.8 Å². The molecule has 18 heavy (non-hydrogen) atoms. The molecule has 0 aliphatic heterocycles. The Bertz CT molecular complexity index is 617. The lowest BCUT2D eigenvalue weighted by Gasteiger charge is -1.99. The zero-order chi connectivity index (χ0) is 13.1. The molecule has 1 aromatic heterocycles. The lowest BCUT2D eigenvalue weighted by molar-refractivity contribution is 0.104. The number of phenols is 1. The fourth-order valence-corrected chi connectivity index (χ4v) is 1.61. The quantitative estimate of drug-likeness (QED) is 0.683. The molecule has 0 atom stereocenters. The first-order valence-electron chi connectivity index (χ1n) is 5.27. The highest BCUT2D eigenvalue weighted by atomic mass is 35.5. The molecule has 0 radical (unpaired) electrons. The van der Waals surface area contributed by atoms with E-state index in [0.29, 0.717) is 11.0 Å².